The van der Waals surface area contributed by atoms with Crippen LogP contribution in [0.3, 0.4) is 0 Å². The first-order valence-electron chi connectivity index (χ1n) is 7.85. The minimum atomic E-state index is 0. The maximum atomic E-state index is 9.51. The Morgan fingerprint density at radius 3 is 2.45 bits per heavy atom. The Morgan fingerprint density at radius 1 is 1.09 bits per heavy atom. The normalized spacial score (nSPS) is 17.2. The van der Waals surface area contributed by atoms with Crippen molar-refractivity contribution in [2.75, 3.05) is 32.8 Å². The highest BCUT2D eigenvalue weighted by molar-refractivity contribution is 5.88. The van der Waals surface area contributed by atoms with Gasteiger partial charge in [-0.1, -0.05) is 36.4 Å². The zero-order chi connectivity index (χ0) is 14.7. The van der Waals surface area contributed by atoms with Gasteiger partial charge in [0.1, 0.15) is 0 Å². The quantitative estimate of drug-likeness (QED) is 0.909. The second-order valence-corrected chi connectivity index (χ2v) is 5.83. The average molecular weight is 321 g/mol. The van der Waals surface area contributed by atoms with Gasteiger partial charge in [-0.3, -0.25) is 4.90 Å². The molecule has 0 unspecified atom stereocenters. The van der Waals surface area contributed by atoms with Crippen molar-refractivity contribution in [3.63, 3.8) is 0 Å². The first kappa shape index (κ1) is 17.2. The molecule has 1 aliphatic heterocycles. The molecule has 2 aromatic carbocycles. The largest absolute Gasteiger partial charge is 0.396 e. The summed E-state index contributed by atoms with van der Waals surface area (Å²) in [6.45, 7) is 6.56. The van der Waals surface area contributed by atoms with E-state index in [4.69, 9.17) is 0 Å². The van der Waals surface area contributed by atoms with Gasteiger partial charge in [0.05, 0.1) is 0 Å². The molecule has 120 valence electrons. The third-order valence-corrected chi connectivity index (χ3v) is 4.53. The molecule has 22 heavy (non-hydrogen) atoms. The maximum Gasteiger partial charge on any atom is 0.0449 e. The van der Waals surface area contributed by atoms with Gasteiger partial charge in [-0.25, -0.2) is 0 Å². The maximum absolute atomic E-state index is 9.51. The van der Waals surface area contributed by atoms with Crippen molar-refractivity contribution in [2.45, 2.75) is 19.4 Å². The van der Waals surface area contributed by atoms with Crippen LogP contribution in [-0.4, -0.2) is 42.8 Å². The van der Waals surface area contributed by atoms with Crippen molar-refractivity contribution < 1.29 is 5.11 Å². The van der Waals surface area contributed by atoms with E-state index in [0.717, 1.165) is 32.6 Å². The molecule has 1 heterocycles. The number of hydrogen-bond acceptors (Lipinski definition) is 3. The van der Waals surface area contributed by atoms with Crippen LogP contribution in [0.1, 0.15) is 23.6 Å². The number of fused-ring (bicyclic) bond motifs is 1. The molecular weight excluding hydrogens is 296 g/mol. The van der Waals surface area contributed by atoms with Crippen molar-refractivity contribution >= 4 is 23.2 Å². The SMILES string of the molecule is Cc1ccc([C@H](CCO)N2CCNCC2)c2ccccc12.Cl. The lowest BCUT2D eigenvalue weighted by atomic mass is 9.93. The van der Waals surface area contributed by atoms with Crippen molar-refractivity contribution in [1.82, 2.24) is 10.2 Å². The minimum Gasteiger partial charge on any atom is -0.396 e. The zero-order valence-electron chi connectivity index (χ0n) is 13.1. The van der Waals surface area contributed by atoms with E-state index in [-0.39, 0.29) is 19.0 Å². The van der Waals surface area contributed by atoms with Crippen molar-refractivity contribution in [3.8, 4) is 0 Å². The number of aryl methyl sites for hydroxylation is 1. The Kier molecular flexibility index (Phi) is 6.21. The Balaban J connectivity index is 0.00000176. The number of rotatable bonds is 4. The molecule has 0 aliphatic carbocycles. The number of nitrogens with zero attached hydrogens (tertiary/aromatic N) is 1. The summed E-state index contributed by atoms with van der Waals surface area (Å²) in [5.41, 5.74) is 2.67. The summed E-state index contributed by atoms with van der Waals surface area (Å²) in [6.07, 6.45) is 0.799. The van der Waals surface area contributed by atoms with Crippen LogP contribution < -0.4 is 5.32 Å². The van der Waals surface area contributed by atoms with E-state index < -0.39 is 0 Å². The van der Waals surface area contributed by atoms with Gasteiger partial charge >= 0.3 is 0 Å². The Hall–Kier alpha value is -1.13. The molecule has 2 N–H and O–H groups in total. The smallest absolute Gasteiger partial charge is 0.0449 e. The fraction of sp³-hybridized carbons (Fsp3) is 0.444. The van der Waals surface area contributed by atoms with Crippen LogP contribution in [0.2, 0.25) is 0 Å². The van der Waals surface area contributed by atoms with Gasteiger partial charge in [0.15, 0.2) is 0 Å². The summed E-state index contributed by atoms with van der Waals surface area (Å²) in [5.74, 6) is 0. The van der Waals surface area contributed by atoms with Crippen molar-refractivity contribution in [3.05, 3.63) is 47.5 Å². The number of aliphatic hydroxyl groups excluding tert-OH is 1. The van der Waals surface area contributed by atoms with Gasteiger partial charge in [-0.05, 0) is 35.2 Å². The van der Waals surface area contributed by atoms with E-state index >= 15 is 0 Å². The van der Waals surface area contributed by atoms with Crippen LogP contribution in [-0.2, 0) is 0 Å². The fourth-order valence-electron chi connectivity index (χ4n) is 3.41. The molecular formula is C18H25ClN2O. The summed E-state index contributed by atoms with van der Waals surface area (Å²) in [5, 5.41) is 15.6. The minimum absolute atomic E-state index is 0. The number of hydrogen-bond donors (Lipinski definition) is 2. The number of nitrogens with one attached hydrogen (secondary N) is 1. The molecule has 4 heteroatoms. The van der Waals surface area contributed by atoms with Crippen molar-refractivity contribution in [2.24, 2.45) is 0 Å². The number of aliphatic hydroxyl groups is 1. The summed E-state index contributed by atoms with van der Waals surface area (Å²) in [6, 6.07) is 13.4. The van der Waals surface area contributed by atoms with Crippen LogP contribution >= 0.6 is 12.4 Å². The van der Waals surface area contributed by atoms with Gasteiger partial charge in [0.2, 0.25) is 0 Å². The molecule has 0 radical (unpaired) electrons. The second kappa shape index (κ2) is 7.93. The summed E-state index contributed by atoms with van der Waals surface area (Å²) >= 11 is 0. The number of piperazine rings is 1. The monoisotopic (exact) mass is 320 g/mol. The topological polar surface area (TPSA) is 35.5 Å². The summed E-state index contributed by atoms with van der Waals surface area (Å²) < 4.78 is 0. The zero-order valence-corrected chi connectivity index (χ0v) is 13.9. The first-order valence-corrected chi connectivity index (χ1v) is 7.85. The van der Waals surface area contributed by atoms with E-state index in [9.17, 15) is 5.11 Å². The highest BCUT2D eigenvalue weighted by Gasteiger charge is 2.23. The molecule has 0 amide bonds. The van der Waals surface area contributed by atoms with E-state index in [1.165, 1.54) is 21.9 Å². The van der Waals surface area contributed by atoms with Crippen LogP contribution in [0.5, 0.6) is 0 Å². The van der Waals surface area contributed by atoms with E-state index in [1.54, 1.807) is 0 Å². The van der Waals surface area contributed by atoms with Crippen LogP contribution in [0.4, 0.5) is 0 Å². The van der Waals surface area contributed by atoms with Gasteiger partial charge in [0.25, 0.3) is 0 Å². The molecule has 2 aromatic rings. The van der Waals surface area contributed by atoms with Crippen molar-refractivity contribution in [1.29, 1.82) is 0 Å². The lowest BCUT2D eigenvalue weighted by molar-refractivity contribution is 0.142. The molecule has 1 fully saturated rings. The van der Waals surface area contributed by atoms with Gasteiger partial charge in [-0.15, -0.1) is 12.4 Å². The van der Waals surface area contributed by atoms with Gasteiger partial charge in [-0.2, -0.15) is 0 Å². The van der Waals surface area contributed by atoms with Crippen LogP contribution in [0.15, 0.2) is 36.4 Å². The van der Waals surface area contributed by atoms with Gasteiger partial charge in [0, 0.05) is 38.8 Å². The molecule has 3 rings (SSSR count). The third-order valence-electron chi connectivity index (χ3n) is 4.53. The fourth-order valence-corrected chi connectivity index (χ4v) is 3.41. The predicted molar refractivity (Wildman–Crippen MR) is 94.8 cm³/mol. The Labute approximate surface area is 138 Å². The Bertz CT molecular complexity index is 611. The molecule has 1 saturated heterocycles. The molecule has 0 saturated carbocycles. The van der Waals surface area contributed by atoms with Crippen LogP contribution in [0.25, 0.3) is 10.8 Å². The predicted octanol–water partition coefficient (Wildman–Crippen LogP) is 2.90. The van der Waals surface area contributed by atoms with Crippen LogP contribution in [0, 0.1) is 6.92 Å². The standard InChI is InChI=1S/C18H24N2O.ClH/c1-14-6-7-17(16-5-3-2-4-15(14)16)18(8-13-21)20-11-9-19-10-12-20;/h2-7,18-19,21H,8-13H2,1H3;1H/t18-;/m0./s1. The number of halogens is 1. The molecule has 0 spiro atoms. The summed E-state index contributed by atoms with van der Waals surface area (Å²) in [4.78, 5) is 2.50. The molecule has 1 aliphatic rings. The highest BCUT2D eigenvalue weighted by Crippen LogP contribution is 2.32. The molecule has 1 atom stereocenters. The highest BCUT2D eigenvalue weighted by atomic mass is 35.5. The third kappa shape index (κ3) is 3.44. The van der Waals surface area contributed by atoms with E-state index in [2.05, 4.69) is 53.5 Å². The number of benzene rings is 2. The van der Waals surface area contributed by atoms with E-state index in [0.29, 0.717) is 6.04 Å². The summed E-state index contributed by atoms with van der Waals surface area (Å²) in [7, 11) is 0. The van der Waals surface area contributed by atoms with Gasteiger partial charge < -0.3 is 10.4 Å². The Morgan fingerprint density at radius 2 is 1.77 bits per heavy atom. The van der Waals surface area contributed by atoms with E-state index in [1.807, 2.05) is 0 Å². The molecule has 0 aromatic heterocycles. The lowest BCUT2D eigenvalue weighted by Gasteiger charge is -2.35. The first-order chi connectivity index (χ1) is 10.3. The lowest BCUT2D eigenvalue weighted by Crippen LogP contribution is -2.45. The molecule has 0 bridgehead atoms. The molecule has 3 nitrogen and oxygen atoms in total. The second-order valence-electron chi connectivity index (χ2n) is 5.83. The average Bonchev–Trinajstić information content (AvgIpc) is 2.55.